The number of carbonyl (C=O) groups is 2. The summed E-state index contributed by atoms with van der Waals surface area (Å²) in [5.74, 6) is 0.569. The second kappa shape index (κ2) is 9.88. The Morgan fingerprint density at radius 3 is 2.88 bits per heavy atom. The van der Waals surface area contributed by atoms with E-state index in [1.54, 1.807) is 23.3 Å². The molecule has 1 aromatic rings. The molecule has 1 aromatic heterocycles. The van der Waals surface area contributed by atoms with E-state index < -0.39 is 0 Å². The van der Waals surface area contributed by atoms with Crippen molar-refractivity contribution in [2.45, 2.75) is 32.4 Å². The topological polar surface area (TPSA) is 75.0 Å². The van der Waals surface area contributed by atoms with Crippen molar-refractivity contribution in [3.8, 4) is 0 Å². The summed E-state index contributed by atoms with van der Waals surface area (Å²) < 4.78 is 11.0. The van der Waals surface area contributed by atoms with Crippen molar-refractivity contribution < 1.29 is 18.7 Å². The molecule has 0 aliphatic carbocycles. The standard InChI is InChI=1S/C18H27N3O4/c1-3-9-20(18(23)19-4-2)14-17(22)21(12-15-7-5-10-24-15)13-16-8-6-11-25-16/h3,5,7,10,16H,1,4,6,8-9,11-14H2,2H3,(H,19,23)/t16-/m0/s1. The summed E-state index contributed by atoms with van der Waals surface area (Å²) in [6.07, 6.45) is 5.18. The van der Waals surface area contributed by atoms with Gasteiger partial charge in [-0.05, 0) is 31.9 Å². The highest BCUT2D eigenvalue weighted by molar-refractivity contribution is 5.84. The first-order valence-electron chi connectivity index (χ1n) is 8.69. The molecule has 1 N–H and O–H groups in total. The van der Waals surface area contributed by atoms with Crippen molar-refractivity contribution in [2.24, 2.45) is 0 Å². The number of rotatable bonds is 9. The zero-order valence-corrected chi connectivity index (χ0v) is 14.8. The summed E-state index contributed by atoms with van der Waals surface area (Å²) in [7, 11) is 0. The van der Waals surface area contributed by atoms with Gasteiger partial charge in [0.05, 0.1) is 18.9 Å². The van der Waals surface area contributed by atoms with Gasteiger partial charge in [-0.1, -0.05) is 6.08 Å². The number of urea groups is 1. The van der Waals surface area contributed by atoms with E-state index in [1.165, 1.54) is 4.90 Å². The van der Waals surface area contributed by atoms with Gasteiger partial charge in [-0.2, -0.15) is 0 Å². The van der Waals surface area contributed by atoms with Crippen molar-refractivity contribution in [1.29, 1.82) is 0 Å². The van der Waals surface area contributed by atoms with E-state index in [9.17, 15) is 9.59 Å². The van der Waals surface area contributed by atoms with Crippen LogP contribution in [0.1, 0.15) is 25.5 Å². The summed E-state index contributed by atoms with van der Waals surface area (Å²) in [4.78, 5) is 28.1. The minimum atomic E-state index is -0.272. The zero-order valence-electron chi connectivity index (χ0n) is 14.8. The molecule has 1 fully saturated rings. The Balaban J connectivity index is 2.03. The van der Waals surface area contributed by atoms with Crippen LogP contribution in [0.5, 0.6) is 0 Å². The maximum Gasteiger partial charge on any atom is 0.318 e. The lowest BCUT2D eigenvalue weighted by Gasteiger charge is -2.28. The molecular formula is C18H27N3O4. The number of nitrogens with one attached hydrogen (secondary N) is 1. The van der Waals surface area contributed by atoms with Crippen LogP contribution < -0.4 is 5.32 Å². The molecule has 0 bridgehead atoms. The Hall–Kier alpha value is -2.28. The number of ether oxygens (including phenoxy) is 1. The van der Waals surface area contributed by atoms with Crippen LogP contribution in [0.4, 0.5) is 4.79 Å². The number of furan rings is 1. The Morgan fingerprint density at radius 2 is 2.28 bits per heavy atom. The van der Waals surface area contributed by atoms with Crippen LogP contribution in [0.2, 0.25) is 0 Å². The first kappa shape index (κ1) is 19.1. The quantitative estimate of drug-likeness (QED) is 0.692. The van der Waals surface area contributed by atoms with Gasteiger partial charge in [0.1, 0.15) is 12.3 Å². The van der Waals surface area contributed by atoms with Crippen LogP contribution in [-0.2, 0) is 16.1 Å². The third-order valence-electron chi connectivity index (χ3n) is 4.02. The van der Waals surface area contributed by atoms with Gasteiger partial charge >= 0.3 is 6.03 Å². The van der Waals surface area contributed by atoms with E-state index in [4.69, 9.17) is 9.15 Å². The molecule has 2 heterocycles. The van der Waals surface area contributed by atoms with E-state index in [-0.39, 0.29) is 24.6 Å². The second-order valence-electron chi connectivity index (χ2n) is 5.99. The lowest BCUT2D eigenvalue weighted by Crippen LogP contribution is -2.47. The Morgan fingerprint density at radius 1 is 1.44 bits per heavy atom. The van der Waals surface area contributed by atoms with Gasteiger partial charge in [0, 0.05) is 26.2 Å². The summed E-state index contributed by atoms with van der Waals surface area (Å²) >= 11 is 0. The SMILES string of the molecule is C=CCN(CC(=O)N(Cc1ccco1)C[C@@H]1CCCO1)C(=O)NCC. The molecule has 3 amide bonds. The van der Waals surface area contributed by atoms with Gasteiger partial charge in [0.25, 0.3) is 0 Å². The molecule has 1 atom stereocenters. The third kappa shape index (κ3) is 5.94. The summed E-state index contributed by atoms with van der Waals surface area (Å²) in [5, 5.41) is 2.72. The largest absolute Gasteiger partial charge is 0.467 e. The molecule has 1 aliphatic heterocycles. The first-order chi connectivity index (χ1) is 12.1. The predicted molar refractivity (Wildman–Crippen MR) is 93.9 cm³/mol. The lowest BCUT2D eigenvalue weighted by molar-refractivity contribution is -0.134. The van der Waals surface area contributed by atoms with Gasteiger partial charge in [-0.15, -0.1) is 6.58 Å². The fourth-order valence-electron chi connectivity index (χ4n) is 2.78. The molecule has 0 aromatic carbocycles. The average Bonchev–Trinajstić information content (AvgIpc) is 3.28. The van der Waals surface area contributed by atoms with Crippen molar-refractivity contribution >= 4 is 11.9 Å². The lowest BCUT2D eigenvalue weighted by atomic mass is 10.2. The molecule has 7 nitrogen and oxygen atoms in total. The molecular weight excluding hydrogens is 322 g/mol. The molecule has 1 aliphatic rings. The van der Waals surface area contributed by atoms with E-state index in [2.05, 4.69) is 11.9 Å². The first-order valence-corrected chi connectivity index (χ1v) is 8.69. The molecule has 0 saturated carbocycles. The van der Waals surface area contributed by atoms with Crippen LogP contribution in [0.25, 0.3) is 0 Å². The average molecular weight is 349 g/mol. The third-order valence-corrected chi connectivity index (χ3v) is 4.02. The van der Waals surface area contributed by atoms with Crippen molar-refractivity contribution in [3.05, 3.63) is 36.8 Å². The second-order valence-corrected chi connectivity index (χ2v) is 5.99. The van der Waals surface area contributed by atoms with E-state index in [0.29, 0.717) is 31.9 Å². The molecule has 2 rings (SSSR count). The molecule has 0 unspecified atom stereocenters. The fourth-order valence-corrected chi connectivity index (χ4v) is 2.78. The fraction of sp³-hybridized carbons (Fsp3) is 0.556. The van der Waals surface area contributed by atoms with Crippen LogP contribution in [0.3, 0.4) is 0 Å². The molecule has 25 heavy (non-hydrogen) atoms. The Bertz CT molecular complexity index is 553. The smallest absolute Gasteiger partial charge is 0.318 e. The number of hydrogen-bond acceptors (Lipinski definition) is 4. The van der Waals surface area contributed by atoms with Crippen molar-refractivity contribution in [1.82, 2.24) is 15.1 Å². The molecule has 7 heteroatoms. The summed E-state index contributed by atoms with van der Waals surface area (Å²) in [6.45, 7) is 7.90. The normalized spacial score (nSPS) is 16.4. The van der Waals surface area contributed by atoms with Crippen LogP contribution in [-0.4, -0.2) is 60.6 Å². The predicted octanol–water partition coefficient (Wildman–Crippen LogP) is 2.00. The molecule has 0 radical (unpaired) electrons. The summed E-state index contributed by atoms with van der Waals surface area (Å²) in [6, 6.07) is 3.36. The van der Waals surface area contributed by atoms with Crippen LogP contribution in [0, 0.1) is 0 Å². The van der Waals surface area contributed by atoms with E-state index in [1.807, 2.05) is 13.0 Å². The van der Waals surface area contributed by atoms with Crippen molar-refractivity contribution in [3.63, 3.8) is 0 Å². The van der Waals surface area contributed by atoms with Gasteiger partial charge in [0.2, 0.25) is 5.91 Å². The number of hydrogen-bond donors (Lipinski definition) is 1. The minimum absolute atomic E-state index is 0.00865. The monoisotopic (exact) mass is 349 g/mol. The van der Waals surface area contributed by atoms with Crippen molar-refractivity contribution in [2.75, 3.05) is 32.8 Å². The highest BCUT2D eigenvalue weighted by Crippen LogP contribution is 2.16. The van der Waals surface area contributed by atoms with E-state index in [0.717, 1.165) is 19.4 Å². The summed E-state index contributed by atoms with van der Waals surface area (Å²) in [5.41, 5.74) is 0. The maximum atomic E-state index is 12.8. The number of carbonyl (C=O) groups excluding carboxylic acids is 2. The van der Waals surface area contributed by atoms with Crippen LogP contribution in [0.15, 0.2) is 35.5 Å². The minimum Gasteiger partial charge on any atom is -0.467 e. The van der Waals surface area contributed by atoms with Gasteiger partial charge in [-0.3, -0.25) is 4.79 Å². The van der Waals surface area contributed by atoms with E-state index >= 15 is 0 Å². The van der Waals surface area contributed by atoms with Gasteiger partial charge < -0.3 is 24.3 Å². The maximum absolute atomic E-state index is 12.8. The Labute approximate surface area is 148 Å². The highest BCUT2D eigenvalue weighted by Gasteiger charge is 2.25. The molecule has 138 valence electrons. The number of nitrogens with zero attached hydrogens (tertiary/aromatic N) is 2. The van der Waals surface area contributed by atoms with Gasteiger partial charge in [0.15, 0.2) is 0 Å². The molecule has 1 saturated heterocycles. The Kier molecular flexibility index (Phi) is 7.53. The van der Waals surface area contributed by atoms with Crippen LogP contribution >= 0.6 is 0 Å². The van der Waals surface area contributed by atoms with Gasteiger partial charge in [-0.25, -0.2) is 4.79 Å². The molecule has 0 spiro atoms. The zero-order chi connectivity index (χ0) is 18.1. The highest BCUT2D eigenvalue weighted by atomic mass is 16.5. The number of amides is 3.